The molecule has 2 atom stereocenters. The van der Waals surface area contributed by atoms with E-state index in [0.29, 0.717) is 24.7 Å². The van der Waals surface area contributed by atoms with Crippen LogP contribution < -0.4 is 5.32 Å². The SMILES string of the molecule is CC1CN(C(=O)C2CCCN(C(=O)c3ccc(F)cc3)C2)CCN1.Cl. The summed E-state index contributed by atoms with van der Waals surface area (Å²) >= 11 is 0. The van der Waals surface area contributed by atoms with Gasteiger partial charge >= 0.3 is 0 Å². The summed E-state index contributed by atoms with van der Waals surface area (Å²) in [7, 11) is 0. The number of hydrogen-bond donors (Lipinski definition) is 1. The van der Waals surface area contributed by atoms with Crippen LogP contribution in [-0.4, -0.2) is 60.4 Å². The first kappa shape index (κ1) is 19.7. The molecule has 3 rings (SSSR count). The fraction of sp³-hybridized carbons (Fsp3) is 0.556. The smallest absolute Gasteiger partial charge is 0.253 e. The van der Waals surface area contributed by atoms with Gasteiger partial charge in [0.1, 0.15) is 5.82 Å². The summed E-state index contributed by atoms with van der Waals surface area (Å²) in [5.74, 6) is -0.458. The molecule has 7 heteroatoms. The molecule has 5 nitrogen and oxygen atoms in total. The van der Waals surface area contributed by atoms with Crippen LogP contribution in [0.5, 0.6) is 0 Å². The third-order valence-electron chi connectivity index (χ3n) is 4.83. The molecule has 138 valence electrons. The zero-order chi connectivity index (χ0) is 17.1. The highest BCUT2D eigenvalue weighted by Crippen LogP contribution is 2.21. The van der Waals surface area contributed by atoms with Crippen molar-refractivity contribution in [3.63, 3.8) is 0 Å². The molecule has 2 saturated heterocycles. The van der Waals surface area contributed by atoms with Crippen molar-refractivity contribution in [3.8, 4) is 0 Å². The monoisotopic (exact) mass is 369 g/mol. The minimum atomic E-state index is -0.355. The molecule has 0 saturated carbocycles. The van der Waals surface area contributed by atoms with Crippen LogP contribution in [0.2, 0.25) is 0 Å². The number of nitrogens with zero attached hydrogens (tertiary/aromatic N) is 2. The summed E-state index contributed by atoms with van der Waals surface area (Å²) < 4.78 is 13.0. The van der Waals surface area contributed by atoms with Crippen LogP contribution in [0, 0.1) is 11.7 Å². The summed E-state index contributed by atoms with van der Waals surface area (Å²) in [6.45, 7) is 5.45. The van der Waals surface area contributed by atoms with E-state index in [1.54, 1.807) is 4.90 Å². The predicted molar refractivity (Wildman–Crippen MR) is 96.3 cm³/mol. The van der Waals surface area contributed by atoms with Gasteiger partial charge in [-0.3, -0.25) is 9.59 Å². The third-order valence-corrected chi connectivity index (χ3v) is 4.83. The lowest BCUT2D eigenvalue weighted by molar-refractivity contribution is -0.138. The van der Waals surface area contributed by atoms with E-state index in [-0.39, 0.29) is 36.0 Å². The molecule has 0 radical (unpaired) electrons. The minimum Gasteiger partial charge on any atom is -0.340 e. The van der Waals surface area contributed by atoms with Gasteiger partial charge in [0.05, 0.1) is 5.92 Å². The van der Waals surface area contributed by atoms with E-state index in [1.165, 1.54) is 24.3 Å². The average Bonchev–Trinajstić information content (AvgIpc) is 2.61. The van der Waals surface area contributed by atoms with Crippen molar-refractivity contribution in [1.29, 1.82) is 0 Å². The van der Waals surface area contributed by atoms with Gasteiger partial charge in [-0.25, -0.2) is 4.39 Å². The van der Waals surface area contributed by atoms with Crippen molar-refractivity contribution in [2.45, 2.75) is 25.8 Å². The second-order valence-electron chi connectivity index (χ2n) is 6.74. The second-order valence-corrected chi connectivity index (χ2v) is 6.74. The van der Waals surface area contributed by atoms with Gasteiger partial charge in [-0.15, -0.1) is 12.4 Å². The van der Waals surface area contributed by atoms with Crippen molar-refractivity contribution >= 4 is 24.2 Å². The predicted octanol–water partition coefficient (Wildman–Crippen LogP) is 1.92. The lowest BCUT2D eigenvalue weighted by Crippen LogP contribution is -2.54. The fourth-order valence-corrected chi connectivity index (χ4v) is 3.53. The van der Waals surface area contributed by atoms with E-state index in [9.17, 15) is 14.0 Å². The Morgan fingerprint density at radius 2 is 1.84 bits per heavy atom. The first-order chi connectivity index (χ1) is 11.5. The van der Waals surface area contributed by atoms with E-state index >= 15 is 0 Å². The van der Waals surface area contributed by atoms with E-state index in [0.717, 1.165) is 32.5 Å². The molecular weight excluding hydrogens is 345 g/mol. The standard InChI is InChI=1S/C18H24FN3O2.ClH/c1-13-11-22(10-8-20-13)18(24)15-3-2-9-21(12-15)17(23)14-4-6-16(19)7-5-14;/h4-7,13,15,20H,2-3,8-12H2,1H3;1H. The Bertz CT molecular complexity index is 611. The van der Waals surface area contributed by atoms with Crippen molar-refractivity contribution in [2.75, 3.05) is 32.7 Å². The minimum absolute atomic E-state index is 0. The van der Waals surface area contributed by atoms with Crippen molar-refractivity contribution in [3.05, 3.63) is 35.6 Å². The molecule has 1 aromatic rings. The number of piperazine rings is 1. The Balaban J connectivity index is 0.00000225. The van der Waals surface area contributed by atoms with Crippen molar-refractivity contribution < 1.29 is 14.0 Å². The first-order valence-electron chi connectivity index (χ1n) is 8.61. The third kappa shape index (κ3) is 4.70. The van der Waals surface area contributed by atoms with Crippen LogP contribution in [0.3, 0.4) is 0 Å². The van der Waals surface area contributed by atoms with Crippen molar-refractivity contribution in [2.24, 2.45) is 5.92 Å². The number of amides is 2. The quantitative estimate of drug-likeness (QED) is 0.866. The summed E-state index contributed by atoms with van der Waals surface area (Å²) in [5.41, 5.74) is 0.472. The average molecular weight is 370 g/mol. The number of halogens is 2. The molecule has 2 unspecified atom stereocenters. The maximum absolute atomic E-state index is 13.0. The summed E-state index contributed by atoms with van der Waals surface area (Å²) in [5, 5.41) is 3.33. The van der Waals surface area contributed by atoms with Crippen LogP contribution in [0.25, 0.3) is 0 Å². The highest BCUT2D eigenvalue weighted by Gasteiger charge is 2.32. The molecule has 25 heavy (non-hydrogen) atoms. The van der Waals surface area contributed by atoms with Crippen LogP contribution >= 0.6 is 12.4 Å². The molecule has 2 fully saturated rings. The van der Waals surface area contributed by atoms with Gasteiger partial charge in [0.2, 0.25) is 5.91 Å². The molecule has 0 bridgehead atoms. The molecule has 0 aromatic heterocycles. The molecule has 2 amide bonds. The molecule has 0 aliphatic carbocycles. The number of likely N-dealkylation sites (tertiary alicyclic amines) is 1. The zero-order valence-corrected chi connectivity index (χ0v) is 15.2. The van der Waals surface area contributed by atoms with Gasteiger partial charge in [0.15, 0.2) is 0 Å². The topological polar surface area (TPSA) is 52.7 Å². The fourth-order valence-electron chi connectivity index (χ4n) is 3.53. The summed E-state index contributed by atoms with van der Waals surface area (Å²) in [4.78, 5) is 29.0. The highest BCUT2D eigenvalue weighted by atomic mass is 35.5. The van der Waals surface area contributed by atoms with Crippen LogP contribution in [-0.2, 0) is 4.79 Å². The van der Waals surface area contributed by atoms with Gasteiger partial charge < -0.3 is 15.1 Å². The number of carbonyl (C=O) groups excluding carboxylic acids is 2. The summed E-state index contributed by atoms with van der Waals surface area (Å²) in [6.07, 6.45) is 1.65. The normalized spacial score (nSPS) is 23.8. The lowest BCUT2D eigenvalue weighted by atomic mass is 9.95. The Morgan fingerprint density at radius 1 is 1.12 bits per heavy atom. The van der Waals surface area contributed by atoms with Crippen LogP contribution in [0.15, 0.2) is 24.3 Å². The second kappa shape index (κ2) is 8.63. The zero-order valence-electron chi connectivity index (χ0n) is 14.4. The van der Waals surface area contributed by atoms with Gasteiger partial charge in [-0.1, -0.05) is 0 Å². The van der Waals surface area contributed by atoms with E-state index in [1.807, 2.05) is 4.90 Å². The number of piperidine rings is 1. The van der Waals surface area contributed by atoms with Crippen LogP contribution in [0.1, 0.15) is 30.1 Å². The molecular formula is C18H25ClFN3O2. The van der Waals surface area contributed by atoms with Crippen molar-refractivity contribution in [1.82, 2.24) is 15.1 Å². The Labute approximate surface area is 154 Å². The molecule has 1 aromatic carbocycles. The number of nitrogens with one attached hydrogen (secondary N) is 1. The van der Waals surface area contributed by atoms with E-state index in [2.05, 4.69) is 12.2 Å². The van der Waals surface area contributed by atoms with Gasteiger partial charge in [-0.05, 0) is 44.0 Å². The Hall–Kier alpha value is -1.66. The maximum atomic E-state index is 13.0. The van der Waals surface area contributed by atoms with Gasteiger partial charge in [0, 0.05) is 44.3 Å². The molecule has 1 N–H and O–H groups in total. The Kier molecular flexibility index (Phi) is 6.79. The number of hydrogen-bond acceptors (Lipinski definition) is 3. The van der Waals surface area contributed by atoms with Gasteiger partial charge in [0.25, 0.3) is 5.91 Å². The molecule has 0 spiro atoms. The molecule has 2 heterocycles. The number of carbonyl (C=O) groups is 2. The highest BCUT2D eigenvalue weighted by molar-refractivity contribution is 5.94. The number of benzene rings is 1. The van der Waals surface area contributed by atoms with Gasteiger partial charge in [-0.2, -0.15) is 0 Å². The van der Waals surface area contributed by atoms with Crippen LogP contribution in [0.4, 0.5) is 4.39 Å². The van der Waals surface area contributed by atoms with E-state index in [4.69, 9.17) is 0 Å². The molecule has 2 aliphatic rings. The largest absolute Gasteiger partial charge is 0.340 e. The first-order valence-corrected chi connectivity index (χ1v) is 8.61. The molecule has 2 aliphatic heterocycles. The van der Waals surface area contributed by atoms with E-state index < -0.39 is 0 Å². The number of rotatable bonds is 2. The maximum Gasteiger partial charge on any atom is 0.253 e. The lowest BCUT2D eigenvalue weighted by Gasteiger charge is -2.38. The summed E-state index contributed by atoms with van der Waals surface area (Å²) in [6, 6.07) is 5.90. The Morgan fingerprint density at radius 3 is 2.52 bits per heavy atom.